The van der Waals surface area contributed by atoms with Gasteiger partial charge in [0, 0.05) is 30.3 Å². The summed E-state index contributed by atoms with van der Waals surface area (Å²) in [6.07, 6.45) is 1.27. The van der Waals surface area contributed by atoms with Gasteiger partial charge in [0.25, 0.3) is 0 Å². The zero-order valence-corrected chi connectivity index (χ0v) is 10.7. The van der Waals surface area contributed by atoms with Crippen molar-refractivity contribution in [1.82, 2.24) is 4.98 Å². The molecule has 1 aromatic rings. The first-order valence-electron chi connectivity index (χ1n) is 5.30. The third kappa shape index (κ3) is 2.65. The van der Waals surface area contributed by atoms with Crippen molar-refractivity contribution in [1.29, 1.82) is 0 Å². The largest absolute Gasteiger partial charge is 0.347 e. The number of nitrogens with zero attached hydrogens (tertiary/aromatic N) is 2. The van der Waals surface area contributed by atoms with Gasteiger partial charge in [0.1, 0.15) is 0 Å². The molecule has 0 atom stereocenters. The van der Waals surface area contributed by atoms with Crippen LogP contribution in [-0.2, 0) is 6.54 Å². The fourth-order valence-electron chi connectivity index (χ4n) is 1.67. The van der Waals surface area contributed by atoms with Crippen LogP contribution in [0.3, 0.4) is 0 Å². The van der Waals surface area contributed by atoms with Crippen molar-refractivity contribution in [2.45, 2.75) is 19.9 Å². The van der Waals surface area contributed by atoms with Crippen molar-refractivity contribution in [3.8, 4) is 0 Å². The van der Waals surface area contributed by atoms with Crippen molar-refractivity contribution in [3.63, 3.8) is 0 Å². The Bertz CT molecular complexity index is 316. The maximum absolute atomic E-state index is 5.67. The topological polar surface area (TPSA) is 42.2 Å². The van der Waals surface area contributed by atoms with Crippen LogP contribution >= 0.6 is 23.1 Å². The Morgan fingerprint density at radius 1 is 1.40 bits per heavy atom. The van der Waals surface area contributed by atoms with E-state index in [9.17, 15) is 0 Å². The minimum Gasteiger partial charge on any atom is -0.347 e. The van der Waals surface area contributed by atoms with Crippen LogP contribution in [0.4, 0.5) is 5.13 Å². The van der Waals surface area contributed by atoms with Crippen molar-refractivity contribution in [2.75, 3.05) is 29.5 Å². The molecule has 0 unspecified atom stereocenters. The first-order valence-corrected chi connectivity index (χ1v) is 7.27. The van der Waals surface area contributed by atoms with Crippen molar-refractivity contribution >= 4 is 28.2 Å². The second-order valence-corrected chi connectivity index (χ2v) is 5.95. The molecule has 1 aliphatic rings. The Kier molecular flexibility index (Phi) is 3.88. The van der Waals surface area contributed by atoms with Gasteiger partial charge in [-0.25, -0.2) is 4.98 Å². The van der Waals surface area contributed by atoms with E-state index in [0.29, 0.717) is 6.54 Å². The Labute approximate surface area is 99.1 Å². The summed E-state index contributed by atoms with van der Waals surface area (Å²) in [5.41, 5.74) is 6.78. The molecule has 3 nitrogen and oxygen atoms in total. The van der Waals surface area contributed by atoms with Gasteiger partial charge in [-0.1, -0.05) is 0 Å². The van der Waals surface area contributed by atoms with Crippen molar-refractivity contribution < 1.29 is 0 Å². The highest BCUT2D eigenvalue weighted by molar-refractivity contribution is 7.99. The molecule has 5 heteroatoms. The molecule has 15 heavy (non-hydrogen) atoms. The zero-order chi connectivity index (χ0) is 10.7. The smallest absolute Gasteiger partial charge is 0.185 e. The molecule has 0 amide bonds. The number of rotatable bonds is 2. The molecule has 1 aliphatic heterocycles. The number of nitrogens with two attached hydrogens (primary N) is 1. The minimum atomic E-state index is 0.617. The standard InChI is InChI=1S/C10H17N3S2/c1-8-9(7-11)15-10(12-8)13-3-2-5-14-6-4-13/h2-7,11H2,1H3. The van der Waals surface area contributed by atoms with E-state index in [0.717, 1.165) is 23.9 Å². The van der Waals surface area contributed by atoms with E-state index in [1.54, 1.807) is 11.3 Å². The molecule has 0 aliphatic carbocycles. The summed E-state index contributed by atoms with van der Waals surface area (Å²) in [5.74, 6) is 2.50. The summed E-state index contributed by atoms with van der Waals surface area (Å²) in [5, 5.41) is 1.16. The zero-order valence-electron chi connectivity index (χ0n) is 9.03. The molecule has 0 spiro atoms. The maximum Gasteiger partial charge on any atom is 0.185 e. The summed E-state index contributed by atoms with van der Waals surface area (Å²) in [7, 11) is 0. The van der Waals surface area contributed by atoms with Gasteiger partial charge in [-0.15, -0.1) is 11.3 Å². The van der Waals surface area contributed by atoms with Crippen LogP contribution in [0.5, 0.6) is 0 Å². The second kappa shape index (κ2) is 5.18. The lowest BCUT2D eigenvalue weighted by atomic mass is 10.4. The van der Waals surface area contributed by atoms with Crippen LogP contribution in [0.2, 0.25) is 0 Å². The van der Waals surface area contributed by atoms with E-state index in [4.69, 9.17) is 5.73 Å². The monoisotopic (exact) mass is 243 g/mol. The molecule has 84 valence electrons. The molecule has 1 aromatic heterocycles. The highest BCUT2D eigenvalue weighted by Gasteiger charge is 2.15. The van der Waals surface area contributed by atoms with E-state index in [-0.39, 0.29) is 0 Å². The van der Waals surface area contributed by atoms with E-state index >= 15 is 0 Å². The van der Waals surface area contributed by atoms with Crippen LogP contribution in [0.25, 0.3) is 0 Å². The molecule has 1 saturated heterocycles. The number of anilines is 1. The van der Waals surface area contributed by atoms with Gasteiger partial charge in [-0.3, -0.25) is 0 Å². The van der Waals surface area contributed by atoms with E-state index in [1.165, 1.54) is 22.8 Å². The number of thiazole rings is 1. The minimum absolute atomic E-state index is 0.617. The van der Waals surface area contributed by atoms with Gasteiger partial charge in [0.15, 0.2) is 5.13 Å². The predicted octanol–water partition coefficient (Wildman–Crippen LogP) is 1.85. The lowest BCUT2D eigenvalue weighted by Gasteiger charge is -2.18. The highest BCUT2D eigenvalue weighted by Crippen LogP contribution is 2.27. The van der Waals surface area contributed by atoms with Gasteiger partial charge >= 0.3 is 0 Å². The molecule has 2 heterocycles. The Morgan fingerprint density at radius 3 is 3.00 bits per heavy atom. The fourth-order valence-corrected chi connectivity index (χ4v) is 3.55. The highest BCUT2D eigenvalue weighted by atomic mass is 32.2. The molecule has 0 aromatic carbocycles. The van der Waals surface area contributed by atoms with Crippen LogP contribution in [0.1, 0.15) is 17.0 Å². The maximum atomic E-state index is 5.67. The quantitative estimate of drug-likeness (QED) is 0.861. The number of aryl methyl sites for hydroxylation is 1. The third-order valence-corrected chi connectivity index (χ3v) is 4.85. The van der Waals surface area contributed by atoms with Crippen LogP contribution in [0.15, 0.2) is 0 Å². The van der Waals surface area contributed by atoms with Gasteiger partial charge in [0.2, 0.25) is 0 Å². The van der Waals surface area contributed by atoms with Crippen LogP contribution < -0.4 is 10.6 Å². The molecular weight excluding hydrogens is 226 g/mol. The summed E-state index contributed by atoms with van der Waals surface area (Å²) in [4.78, 5) is 8.23. The summed E-state index contributed by atoms with van der Waals surface area (Å²) in [6, 6.07) is 0. The fraction of sp³-hybridized carbons (Fsp3) is 0.700. The molecule has 2 N–H and O–H groups in total. The molecule has 0 bridgehead atoms. The summed E-state index contributed by atoms with van der Waals surface area (Å²) in [6.45, 7) is 4.94. The second-order valence-electron chi connectivity index (χ2n) is 3.66. The number of aromatic nitrogens is 1. The lowest BCUT2D eigenvalue weighted by molar-refractivity contribution is 0.810. The Balaban J connectivity index is 2.12. The predicted molar refractivity (Wildman–Crippen MR) is 68.9 cm³/mol. The third-order valence-electron chi connectivity index (χ3n) is 2.56. The van der Waals surface area contributed by atoms with Gasteiger partial charge in [0.05, 0.1) is 5.69 Å². The van der Waals surface area contributed by atoms with Gasteiger partial charge in [-0.05, 0) is 19.1 Å². The van der Waals surface area contributed by atoms with Gasteiger partial charge < -0.3 is 10.6 Å². The van der Waals surface area contributed by atoms with Crippen LogP contribution in [-0.4, -0.2) is 29.6 Å². The van der Waals surface area contributed by atoms with E-state index in [2.05, 4.69) is 16.8 Å². The summed E-state index contributed by atoms with van der Waals surface area (Å²) >= 11 is 3.80. The molecule has 1 fully saturated rings. The molecule has 0 saturated carbocycles. The summed E-state index contributed by atoms with van der Waals surface area (Å²) < 4.78 is 0. The van der Waals surface area contributed by atoms with E-state index in [1.807, 2.05) is 11.8 Å². The average Bonchev–Trinajstić information content (AvgIpc) is 2.48. The van der Waals surface area contributed by atoms with Gasteiger partial charge in [-0.2, -0.15) is 11.8 Å². The SMILES string of the molecule is Cc1nc(N2CCCSCC2)sc1CN. The lowest BCUT2D eigenvalue weighted by Crippen LogP contribution is -2.25. The van der Waals surface area contributed by atoms with Crippen molar-refractivity contribution in [3.05, 3.63) is 10.6 Å². The van der Waals surface area contributed by atoms with E-state index < -0.39 is 0 Å². The number of hydrogen-bond donors (Lipinski definition) is 1. The first kappa shape index (κ1) is 11.2. The molecular formula is C10H17N3S2. The first-order chi connectivity index (χ1) is 7.31. The molecule has 0 radical (unpaired) electrons. The Morgan fingerprint density at radius 2 is 2.27 bits per heavy atom. The number of hydrogen-bond acceptors (Lipinski definition) is 5. The van der Waals surface area contributed by atoms with Crippen molar-refractivity contribution in [2.24, 2.45) is 5.73 Å². The van der Waals surface area contributed by atoms with Crippen LogP contribution in [0, 0.1) is 6.92 Å². The Hall–Kier alpha value is -0.260. The average molecular weight is 243 g/mol. The normalized spacial score (nSPS) is 17.9. The number of thioether (sulfide) groups is 1. The molecule has 2 rings (SSSR count).